The van der Waals surface area contributed by atoms with Crippen LogP contribution >= 0.6 is 0 Å². The molecule has 0 unspecified atom stereocenters. The monoisotopic (exact) mass is 180 g/mol. The third kappa shape index (κ3) is 1.56. The predicted molar refractivity (Wildman–Crippen MR) is 42.5 cm³/mol. The molecule has 0 aliphatic heterocycles. The summed E-state index contributed by atoms with van der Waals surface area (Å²) in [5, 5.41) is 17.0. The summed E-state index contributed by atoms with van der Waals surface area (Å²) in [5.41, 5.74) is 4.33. The number of nitrogens with zero attached hydrogens (tertiary/aromatic N) is 1. The number of nitrogens with two attached hydrogens (primary N) is 1. The van der Waals surface area contributed by atoms with Gasteiger partial charge in [-0.3, -0.25) is 0 Å². The summed E-state index contributed by atoms with van der Waals surface area (Å²) < 4.78 is 12.9. The Hall–Kier alpha value is -2.09. The molecule has 0 fully saturated rings. The van der Waals surface area contributed by atoms with Gasteiger partial charge in [-0.15, -0.1) is 0 Å². The molecule has 0 heterocycles. The number of aromatic carboxylic acids is 1. The van der Waals surface area contributed by atoms with E-state index < -0.39 is 17.3 Å². The number of halogens is 1. The topological polar surface area (TPSA) is 87.1 Å². The van der Waals surface area contributed by atoms with Crippen LogP contribution in [0.2, 0.25) is 0 Å². The molecule has 0 atom stereocenters. The molecule has 1 aromatic rings. The summed E-state index contributed by atoms with van der Waals surface area (Å²) in [6.45, 7) is 0. The number of anilines is 1. The van der Waals surface area contributed by atoms with Crippen molar-refractivity contribution in [1.29, 1.82) is 5.26 Å². The van der Waals surface area contributed by atoms with Gasteiger partial charge < -0.3 is 10.8 Å². The van der Waals surface area contributed by atoms with Crippen molar-refractivity contribution in [3.8, 4) is 6.07 Å². The van der Waals surface area contributed by atoms with Gasteiger partial charge in [-0.2, -0.15) is 5.26 Å². The molecule has 0 aromatic heterocycles. The zero-order chi connectivity index (χ0) is 10.0. The van der Waals surface area contributed by atoms with Gasteiger partial charge in [-0.05, 0) is 12.1 Å². The van der Waals surface area contributed by atoms with Crippen molar-refractivity contribution in [1.82, 2.24) is 0 Å². The molecule has 0 bridgehead atoms. The molecule has 13 heavy (non-hydrogen) atoms. The molecule has 1 rings (SSSR count). The number of carboxylic acids is 1. The Bertz CT molecular complexity index is 409. The SMILES string of the molecule is N#Cc1cc(N)cc(F)c1C(=O)O. The van der Waals surface area contributed by atoms with Crippen molar-refractivity contribution < 1.29 is 14.3 Å². The fourth-order valence-electron chi connectivity index (χ4n) is 0.933. The zero-order valence-corrected chi connectivity index (χ0v) is 6.41. The van der Waals surface area contributed by atoms with E-state index in [0.29, 0.717) is 0 Å². The van der Waals surface area contributed by atoms with Gasteiger partial charge in [0.2, 0.25) is 0 Å². The van der Waals surface area contributed by atoms with Crippen LogP contribution in [-0.4, -0.2) is 11.1 Å². The summed E-state index contributed by atoms with van der Waals surface area (Å²) in [6, 6.07) is 3.54. The number of nitrogen functional groups attached to an aromatic ring is 1. The predicted octanol–water partition coefficient (Wildman–Crippen LogP) is 0.978. The van der Waals surface area contributed by atoms with E-state index in [1.165, 1.54) is 0 Å². The van der Waals surface area contributed by atoms with E-state index >= 15 is 0 Å². The summed E-state index contributed by atoms with van der Waals surface area (Å²) in [5.74, 6) is -2.47. The minimum atomic E-state index is -1.48. The average Bonchev–Trinajstić information content (AvgIpc) is 2.01. The molecule has 4 nitrogen and oxygen atoms in total. The fourth-order valence-corrected chi connectivity index (χ4v) is 0.933. The van der Waals surface area contributed by atoms with Crippen LogP contribution in [0.5, 0.6) is 0 Å². The zero-order valence-electron chi connectivity index (χ0n) is 6.41. The van der Waals surface area contributed by atoms with Crippen molar-refractivity contribution in [3.63, 3.8) is 0 Å². The Labute approximate surface area is 73.0 Å². The number of nitriles is 1. The van der Waals surface area contributed by atoms with Gasteiger partial charge in [0.05, 0.1) is 5.56 Å². The van der Waals surface area contributed by atoms with Crippen molar-refractivity contribution in [2.24, 2.45) is 0 Å². The Morgan fingerprint density at radius 1 is 1.62 bits per heavy atom. The highest BCUT2D eigenvalue weighted by Gasteiger charge is 2.16. The first-order valence-electron chi connectivity index (χ1n) is 3.28. The van der Waals surface area contributed by atoms with Crippen LogP contribution in [0.4, 0.5) is 10.1 Å². The molecule has 0 radical (unpaired) electrons. The van der Waals surface area contributed by atoms with Crippen molar-refractivity contribution in [2.45, 2.75) is 0 Å². The van der Waals surface area contributed by atoms with Crippen LogP contribution in [0, 0.1) is 17.1 Å². The van der Waals surface area contributed by atoms with Crippen LogP contribution in [0.3, 0.4) is 0 Å². The molecule has 66 valence electrons. The molecule has 1 aromatic carbocycles. The Morgan fingerprint density at radius 3 is 2.69 bits per heavy atom. The van der Waals surface area contributed by atoms with Crippen LogP contribution in [0.1, 0.15) is 15.9 Å². The third-order valence-electron chi connectivity index (χ3n) is 1.45. The molecule has 5 heteroatoms. The van der Waals surface area contributed by atoms with Crippen LogP contribution in [0.15, 0.2) is 12.1 Å². The molecule has 0 aliphatic carbocycles. The molecule has 0 amide bonds. The number of hydrogen-bond acceptors (Lipinski definition) is 3. The molecule has 0 saturated carbocycles. The van der Waals surface area contributed by atoms with E-state index in [4.69, 9.17) is 16.1 Å². The van der Waals surface area contributed by atoms with Gasteiger partial charge in [0, 0.05) is 5.69 Å². The number of hydrogen-bond donors (Lipinski definition) is 2. The minimum absolute atomic E-state index is 0.0269. The first-order chi connectivity index (χ1) is 6.06. The highest BCUT2D eigenvalue weighted by molar-refractivity contribution is 5.91. The maximum absolute atomic E-state index is 12.9. The number of benzene rings is 1. The van der Waals surface area contributed by atoms with E-state index in [-0.39, 0.29) is 11.3 Å². The van der Waals surface area contributed by atoms with E-state index in [9.17, 15) is 9.18 Å². The van der Waals surface area contributed by atoms with Gasteiger partial charge >= 0.3 is 5.97 Å². The second-order valence-corrected chi connectivity index (χ2v) is 2.34. The Balaban J connectivity index is 3.50. The highest BCUT2D eigenvalue weighted by atomic mass is 19.1. The van der Waals surface area contributed by atoms with Gasteiger partial charge in [0.1, 0.15) is 17.4 Å². The summed E-state index contributed by atoms with van der Waals surface area (Å²) in [4.78, 5) is 10.5. The van der Waals surface area contributed by atoms with E-state index in [1.54, 1.807) is 6.07 Å². The third-order valence-corrected chi connectivity index (χ3v) is 1.45. The largest absolute Gasteiger partial charge is 0.478 e. The molecule has 0 saturated heterocycles. The van der Waals surface area contributed by atoms with E-state index in [1.807, 2.05) is 0 Å². The van der Waals surface area contributed by atoms with E-state index in [0.717, 1.165) is 12.1 Å². The van der Waals surface area contributed by atoms with Gasteiger partial charge in [0.25, 0.3) is 0 Å². The average molecular weight is 180 g/mol. The highest BCUT2D eigenvalue weighted by Crippen LogP contribution is 2.17. The van der Waals surface area contributed by atoms with Gasteiger partial charge in [-0.25, -0.2) is 9.18 Å². The van der Waals surface area contributed by atoms with Crippen molar-refractivity contribution >= 4 is 11.7 Å². The maximum Gasteiger partial charge on any atom is 0.340 e. The normalized spacial score (nSPS) is 9.23. The van der Waals surface area contributed by atoms with Crippen LogP contribution in [0.25, 0.3) is 0 Å². The van der Waals surface area contributed by atoms with Crippen LogP contribution in [-0.2, 0) is 0 Å². The summed E-state index contributed by atoms with van der Waals surface area (Å²) in [7, 11) is 0. The smallest absolute Gasteiger partial charge is 0.340 e. The van der Waals surface area contributed by atoms with E-state index in [2.05, 4.69) is 0 Å². The van der Waals surface area contributed by atoms with Crippen LogP contribution < -0.4 is 5.73 Å². The lowest BCUT2D eigenvalue weighted by molar-refractivity contribution is 0.0691. The first kappa shape index (κ1) is 9.00. The second-order valence-electron chi connectivity index (χ2n) is 2.34. The molecule has 0 aliphatic rings. The molecule has 3 N–H and O–H groups in total. The second kappa shape index (κ2) is 3.11. The minimum Gasteiger partial charge on any atom is -0.478 e. The summed E-state index contributed by atoms with van der Waals surface area (Å²) >= 11 is 0. The molecular weight excluding hydrogens is 175 g/mol. The number of carboxylic acid groups (broad SMARTS) is 1. The Morgan fingerprint density at radius 2 is 2.23 bits per heavy atom. The van der Waals surface area contributed by atoms with Gasteiger partial charge in [0.15, 0.2) is 0 Å². The first-order valence-corrected chi connectivity index (χ1v) is 3.28. The Kier molecular flexibility index (Phi) is 2.15. The molecule has 0 spiro atoms. The number of carbonyl (C=O) groups is 1. The lowest BCUT2D eigenvalue weighted by atomic mass is 10.1. The summed E-state index contributed by atoms with van der Waals surface area (Å²) in [6.07, 6.45) is 0. The van der Waals surface area contributed by atoms with Crippen molar-refractivity contribution in [3.05, 3.63) is 29.1 Å². The number of rotatable bonds is 1. The van der Waals surface area contributed by atoms with Gasteiger partial charge in [-0.1, -0.05) is 0 Å². The standard InChI is InChI=1S/C8H5FN2O2/c9-6-2-5(11)1-4(3-10)7(6)8(12)13/h1-2H,11H2,(H,12,13). The lowest BCUT2D eigenvalue weighted by Gasteiger charge is -2.01. The maximum atomic E-state index is 12.9. The fraction of sp³-hybridized carbons (Fsp3) is 0. The lowest BCUT2D eigenvalue weighted by Crippen LogP contribution is -2.05. The van der Waals surface area contributed by atoms with Crippen molar-refractivity contribution in [2.75, 3.05) is 5.73 Å². The quantitative estimate of drug-likeness (QED) is 0.630. The molecular formula is C8H5FN2O2.